The molecule has 0 N–H and O–H groups in total. The monoisotopic (exact) mass is 240 g/mol. The summed E-state index contributed by atoms with van der Waals surface area (Å²) in [5, 5.41) is 3.37. The minimum absolute atomic E-state index is 0.183. The lowest BCUT2D eigenvalue weighted by Gasteiger charge is -1.94. The standard InChI is InChI=1S/C9H7ClN3OS/c10-9(14)6-13-3-1-7(2-4-13)8-5-11-12-15-8/h1-5H,6H2/q+1. The Bertz CT molecular complexity index is 455. The van der Waals surface area contributed by atoms with Crippen LogP contribution in [0.15, 0.2) is 30.7 Å². The maximum Gasteiger partial charge on any atom is 0.286 e. The van der Waals surface area contributed by atoms with Gasteiger partial charge in [-0.25, -0.2) is 0 Å². The molecule has 0 aliphatic rings. The van der Waals surface area contributed by atoms with Gasteiger partial charge in [0.25, 0.3) is 5.24 Å². The lowest BCUT2D eigenvalue weighted by Crippen LogP contribution is -2.35. The summed E-state index contributed by atoms with van der Waals surface area (Å²) < 4.78 is 5.49. The molecule has 0 amide bonds. The largest absolute Gasteiger partial charge is 0.286 e. The van der Waals surface area contributed by atoms with Crippen LogP contribution in [0, 0.1) is 0 Å². The average molecular weight is 241 g/mol. The molecule has 76 valence electrons. The first-order chi connectivity index (χ1) is 7.25. The number of carbonyl (C=O) groups is 1. The number of hydrogen-bond donors (Lipinski definition) is 0. The van der Waals surface area contributed by atoms with E-state index in [0.717, 1.165) is 10.4 Å². The van der Waals surface area contributed by atoms with Crippen molar-refractivity contribution >= 4 is 28.4 Å². The molecule has 0 fully saturated rings. The number of pyridine rings is 1. The third-order valence-corrected chi connectivity index (χ3v) is 2.68. The van der Waals surface area contributed by atoms with E-state index >= 15 is 0 Å². The minimum atomic E-state index is -0.382. The molecule has 0 saturated carbocycles. The third kappa shape index (κ3) is 2.57. The number of nitrogens with zero attached hydrogens (tertiary/aromatic N) is 3. The fourth-order valence-electron chi connectivity index (χ4n) is 1.16. The smallest absolute Gasteiger partial charge is 0.274 e. The van der Waals surface area contributed by atoms with Crippen LogP contribution in [-0.2, 0) is 11.3 Å². The SMILES string of the molecule is O=C(Cl)C[n+]1ccc(-c2cnns2)cc1. The second kappa shape index (κ2) is 4.46. The molecule has 0 aliphatic heterocycles. The quantitative estimate of drug-likeness (QED) is 0.599. The van der Waals surface area contributed by atoms with Gasteiger partial charge in [0.15, 0.2) is 12.4 Å². The van der Waals surface area contributed by atoms with Gasteiger partial charge in [-0.2, -0.15) is 4.57 Å². The summed E-state index contributed by atoms with van der Waals surface area (Å²) in [6.45, 7) is 0.183. The summed E-state index contributed by atoms with van der Waals surface area (Å²) >= 11 is 6.61. The van der Waals surface area contributed by atoms with Crippen LogP contribution >= 0.6 is 23.1 Å². The van der Waals surface area contributed by atoms with E-state index in [1.54, 1.807) is 23.2 Å². The summed E-state index contributed by atoms with van der Waals surface area (Å²) in [6.07, 6.45) is 5.31. The van der Waals surface area contributed by atoms with Gasteiger partial charge in [-0.05, 0) is 23.1 Å². The van der Waals surface area contributed by atoms with E-state index in [0.29, 0.717) is 0 Å². The molecule has 0 spiro atoms. The van der Waals surface area contributed by atoms with E-state index in [9.17, 15) is 4.79 Å². The minimum Gasteiger partial charge on any atom is -0.274 e. The molecule has 4 nitrogen and oxygen atoms in total. The number of rotatable bonds is 3. The highest BCUT2D eigenvalue weighted by Gasteiger charge is 2.07. The molecule has 15 heavy (non-hydrogen) atoms. The first-order valence-electron chi connectivity index (χ1n) is 4.21. The van der Waals surface area contributed by atoms with Crippen molar-refractivity contribution in [3.05, 3.63) is 30.7 Å². The van der Waals surface area contributed by atoms with Gasteiger partial charge < -0.3 is 0 Å². The molecule has 2 aromatic heterocycles. The normalized spacial score (nSPS) is 10.2. The Kier molecular flexibility index (Phi) is 3.03. The molecular weight excluding hydrogens is 234 g/mol. The molecule has 6 heteroatoms. The van der Waals surface area contributed by atoms with Crippen molar-refractivity contribution in [2.24, 2.45) is 0 Å². The van der Waals surface area contributed by atoms with E-state index in [4.69, 9.17) is 11.6 Å². The van der Waals surface area contributed by atoms with Gasteiger partial charge in [-0.3, -0.25) is 4.79 Å². The van der Waals surface area contributed by atoms with Crippen LogP contribution in [0.2, 0.25) is 0 Å². The second-order valence-corrected chi connectivity index (χ2v) is 4.10. The molecule has 0 unspecified atom stereocenters. The van der Waals surface area contributed by atoms with Gasteiger partial charge in [-0.1, -0.05) is 4.49 Å². The van der Waals surface area contributed by atoms with Crippen LogP contribution < -0.4 is 4.57 Å². The first kappa shape index (κ1) is 10.2. The zero-order chi connectivity index (χ0) is 10.7. The molecule has 0 aromatic carbocycles. The zero-order valence-corrected chi connectivity index (χ0v) is 9.20. The fourth-order valence-corrected chi connectivity index (χ4v) is 1.82. The van der Waals surface area contributed by atoms with E-state index in [1.807, 2.05) is 12.1 Å². The topological polar surface area (TPSA) is 46.7 Å². The maximum atomic E-state index is 10.7. The molecule has 0 saturated heterocycles. The summed E-state index contributed by atoms with van der Waals surface area (Å²) in [5.41, 5.74) is 1.03. The predicted molar refractivity (Wildman–Crippen MR) is 56.4 cm³/mol. The van der Waals surface area contributed by atoms with E-state index in [1.165, 1.54) is 11.5 Å². The van der Waals surface area contributed by atoms with Gasteiger partial charge in [0.2, 0.25) is 6.54 Å². The van der Waals surface area contributed by atoms with E-state index < -0.39 is 0 Å². The number of halogens is 1. The van der Waals surface area contributed by atoms with Crippen molar-refractivity contribution < 1.29 is 9.36 Å². The highest BCUT2D eigenvalue weighted by atomic mass is 35.5. The van der Waals surface area contributed by atoms with Crippen LogP contribution in [0.1, 0.15) is 0 Å². The van der Waals surface area contributed by atoms with Gasteiger partial charge >= 0.3 is 0 Å². The maximum absolute atomic E-state index is 10.7. The van der Waals surface area contributed by atoms with Gasteiger partial charge in [0.1, 0.15) is 0 Å². The Morgan fingerprint density at radius 1 is 1.47 bits per heavy atom. The van der Waals surface area contributed by atoms with Crippen molar-refractivity contribution in [2.45, 2.75) is 6.54 Å². The van der Waals surface area contributed by atoms with Crippen LogP contribution in [0.25, 0.3) is 10.4 Å². The van der Waals surface area contributed by atoms with Gasteiger partial charge in [0.05, 0.1) is 11.1 Å². The Morgan fingerprint density at radius 3 is 2.73 bits per heavy atom. The first-order valence-corrected chi connectivity index (χ1v) is 5.36. The molecule has 0 atom stereocenters. The van der Waals surface area contributed by atoms with Crippen molar-refractivity contribution in [3.63, 3.8) is 0 Å². The highest BCUT2D eigenvalue weighted by molar-refractivity contribution is 7.09. The van der Waals surface area contributed by atoms with Crippen molar-refractivity contribution in [3.8, 4) is 10.4 Å². The zero-order valence-electron chi connectivity index (χ0n) is 7.63. The Labute approximate surface area is 95.3 Å². The van der Waals surface area contributed by atoms with E-state index in [2.05, 4.69) is 9.59 Å². The van der Waals surface area contributed by atoms with E-state index in [-0.39, 0.29) is 11.8 Å². The molecule has 2 aromatic rings. The number of carbonyl (C=O) groups excluding carboxylic acids is 1. The van der Waals surface area contributed by atoms with Crippen molar-refractivity contribution in [1.82, 2.24) is 9.59 Å². The molecule has 2 heterocycles. The van der Waals surface area contributed by atoms with Gasteiger partial charge in [0, 0.05) is 17.7 Å². The average Bonchev–Trinajstić information content (AvgIpc) is 2.71. The van der Waals surface area contributed by atoms with Gasteiger partial charge in [-0.15, -0.1) is 5.10 Å². The molecule has 0 aliphatic carbocycles. The number of hydrogen-bond acceptors (Lipinski definition) is 4. The van der Waals surface area contributed by atoms with Crippen LogP contribution in [-0.4, -0.2) is 14.8 Å². The molecule has 0 radical (unpaired) electrons. The molecule has 2 rings (SSSR count). The van der Waals surface area contributed by atoms with Crippen molar-refractivity contribution in [1.29, 1.82) is 0 Å². The summed E-state index contributed by atoms with van der Waals surface area (Å²) in [7, 11) is 0. The van der Waals surface area contributed by atoms with Crippen LogP contribution in [0.3, 0.4) is 0 Å². The number of aromatic nitrogens is 3. The predicted octanol–water partition coefficient (Wildman–Crippen LogP) is 1.26. The Morgan fingerprint density at radius 2 is 2.20 bits per heavy atom. The molecular formula is C9H7ClN3OS+. The Hall–Kier alpha value is -1.33. The second-order valence-electron chi connectivity index (χ2n) is 2.90. The van der Waals surface area contributed by atoms with Crippen molar-refractivity contribution in [2.75, 3.05) is 0 Å². The van der Waals surface area contributed by atoms with Crippen LogP contribution in [0.4, 0.5) is 0 Å². The molecule has 0 bridgehead atoms. The summed E-state index contributed by atoms with van der Waals surface area (Å²) in [6, 6.07) is 3.80. The Balaban J connectivity index is 2.21. The summed E-state index contributed by atoms with van der Waals surface area (Å²) in [4.78, 5) is 11.7. The highest BCUT2D eigenvalue weighted by Crippen LogP contribution is 2.19. The lowest BCUT2D eigenvalue weighted by molar-refractivity contribution is -0.683. The third-order valence-electron chi connectivity index (χ3n) is 1.84. The lowest BCUT2D eigenvalue weighted by atomic mass is 10.2. The van der Waals surface area contributed by atoms with Crippen LogP contribution in [0.5, 0.6) is 0 Å². The summed E-state index contributed by atoms with van der Waals surface area (Å²) in [5.74, 6) is 0. The fraction of sp³-hybridized carbons (Fsp3) is 0.111.